The molecular formula is C24H29NO3. The lowest BCUT2D eigenvalue weighted by atomic mass is 10.0. The van der Waals surface area contributed by atoms with E-state index in [2.05, 4.69) is 11.9 Å². The Morgan fingerprint density at radius 1 is 0.964 bits per heavy atom. The summed E-state index contributed by atoms with van der Waals surface area (Å²) >= 11 is 0. The zero-order valence-corrected chi connectivity index (χ0v) is 16.5. The molecule has 1 atom stereocenters. The number of carbonyl (C=O) groups excluding carboxylic acids is 2. The van der Waals surface area contributed by atoms with Gasteiger partial charge in [0.15, 0.2) is 0 Å². The minimum Gasteiger partial charge on any atom is -0.467 e. The highest BCUT2D eigenvalue weighted by Crippen LogP contribution is 2.19. The third-order valence-electron chi connectivity index (χ3n) is 4.70. The van der Waals surface area contributed by atoms with Crippen molar-refractivity contribution < 1.29 is 14.3 Å². The summed E-state index contributed by atoms with van der Waals surface area (Å²) in [7, 11) is 1.35. The second-order valence-electron chi connectivity index (χ2n) is 6.77. The Kier molecular flexibility index (Phi) is 8.99. The van der Waals surface area contributed by atoms with Crippen molar-refractivity contribution in [3.63, 3.8) is 0 Å². The van der Waals surface area contributed by atoms with E-state index in [4.69, 9.17) is 4.74 Å². The van der Waals surface area contributed by atoms with Crippen molar-refractivity contribution in [3.8, 4) is 11.1 Å². The van der Waals surface area contributed by atoms with Crippen LogP contribution in [0.2, 0.25) is 0 Å². The molecule has 0 heterocycles. The van der Waals surface area contributed by atoms with E-state index in [0.29, 0.717) is 12.0 Å². The van der Waals surface area contributed by atoms with E-state index >= 15 is 0 Å². The lowest BCUT2D eigenvalue weighted by Crippen LogP contribution is -2.41. The molecule has 2 rings (SSSR count). The Morgan fingerprint density at radius 2 is 1.61 bits per heavy atom. The number of benzene rings is 2. The third-order valence-corrected chi connectivity index (χ3v) is 4.70. The van der Waals surface area contributed by atoms with Crippen molar-refractivity contribution in [2.45, 2.75) is 44.6 Å². The van der Waals surface area contributed by atoms with E-state index < -0.39 is 12.0 Å². The van der Waals surface area contributed by atoms with Gasteiger partial charge in [0.05, 0.1) is 7.11 Å². The molecule has 4 heteroatoms. The molecule has 0 aromatic heterocycles. The quantitative estimate of drug-likeness (QED) is 0.334. The molecule has 0 aliphatic heterocycles. The first-order valence-electron chi connectivity index (χ1n) is 9.80. The van der Waals surface area contributed by atoms with Crippen molar-refractivity contribution >= 4 is 11.9 Å². The van der Waals surface area contributed by atoms with Crippen LogP contribution in [0.5, 0.6) is 0 Å². The number of hydrogen-bond donors (Lipinski definition) is 1. The number of nitrogens with one attached hydrogen (secondary N) is 1. The highest BCUT2D eigenvalue weighted by atomic mass is 16.5. The summed E-state index contributed by atoms with van der Waals surface area (Å²) in [5.74, 6) is -0.665. The Morgan fingerprint density at radius 3 is 2.25 bits per heavy atom. The van der Waals surface area contributed by atoms with Crippen molar-refractivity contribution in [2.24, 2.45) is 0 Å². The van der Waals surface area contributed by atoms with Gasteiger partial charge in [0.1, 0.15) is 6.04 Å². The smallest absolute Gasteiger partial charge is 0.328 e. The maximum atomic E-state index is 12.6. The molecule has 2 aromatic rings. The standard InChI is InChI=1S/C24H29NO3/c1-3-4-5-6-7-11-14-22(24(27)28-2)25-23(26)21-17-15-20(16-18-21)19-12-9-8-10-13-19/h3,8-10,12-13,15-18,22H,1,4-7,11,14H2,2H3,(H,25,26)/t22-/m1/s1. The van der Waals surface area contributed by atoms with E-state index in [1.165, 1.54) is 7.11 Å². The topological polar surface area (TPSA) is 55.4 Å². The first-order chi connectivity index (χ1) is 13.7. The first-order valence-corrected chi connectivity index (χ1v) is 9.80. The molecule has 0 saturated carbocycles. The average Bonchev–Trinajstić information content (AvgIpc) is 2.75. The molecule has 1 N–H and O–H groups in total. The highest BCUT2D eigenvalue weighted by Gasteiger charge is 2.21. The van der Waals surface area contributed by atoms with Gasteiger partial charge >= 0.3 is 5.97 Å². The lowest BCUT2D eigenvalue weighted by Gasteiger charge is -2.16. The number of rotatable bonds is 11. The molecule has 0 aliphatic carbocycles. The zero-order valence-electron chi connectivity index (χ0n) is 16.5. The van der Waals surface area contributed by atoms with Gasteiger partial charge in [-0.3, -0.25) is 4.79 Å². The number of unbranched alkanes of at least 4 members (excludes halogenated alkanes) is 4. The summed E-state index contributed by atoms with van der Waals surface area (Å²) in [4.78, 5) is 24.6. The van der Waals surface area contributed by atoms with E-state index in [9.17, 15) is 9.59 Å². The van der Waals surface area contributed by atoms with Crippen LogP contribution in [0.3, 0.4) is 0 Å². The van der Waals surface area contributed by atoms with Crippen LogP contribution in [0.25, 0.3) is 11.1 Å². The maximum Gasteiger partial charge on any atom is 0.328 e. The van der Waals surface area contributed by atoms with Gasteiger partial charge in [-0.1, -0.05) is 67.8 Å². The summed E-state index contributed by atoms with van der Waals surface area (Å²) in [6.45, 7) is 3.72. The lowest BCUT2D eigenvalue weighted by molar-refractivity contribution is -0.143. The van der Waals surface area contributed by atoms with Crippen LogP contribution in [0, 0.1) is 0 Å². The molecule has 1 amide bonds. The van der Waals surface area contributed by atoms with Crippen LogP contribution in [0.15, 0.2) is 67.3 Å². The Labute approximate surface area is 167 Å². The zero-order chi connectivity index (χ0) is 20.2. The summed E-state index contributed by atoms with van der Waals surface area (Å²) in [6, 6.07) is 16.7. The van der Waals surface area contributed by atoms with Gasteiger partial charge in [-0.25, -0.2) is 4.79 Å². The van der Waals surface area contributed by atoms with Crippen LogP contribution in [-0.2, 0) is 9.53 Å². The van der Waals surface area contributed by atoms with Crippen LogP contribution >= 0.6 is 0 Å². The van der Waals surface area contributed by atoms with Gasteiger partial charge in [0.2, 0.25) is 0 Å². The molecule has 2 aromatic carbocycles. The molecule has 28 heavy (non-hydrogen) atoms. The molecule has 0 aliphatic rings. The normalized spacial score (nSPS) is 11.5. The SMILES string of the molecule is C=CCCCCCC[C@@H](NC(=O)c1ccc(-c2ccccc2)cc1)C(=O)OC. The maximum absolute atomic E-state index is 12.6. The van der Waals surface area contributed by atoms with Crippen molar-refractivity contribution in [1.82, 2.24) is 5.32 Å². The molecule has 148 valence electrons. The predicted octanol–water partition coefficient (Wildman–Crippen LogP) is 5.15. The second kappa shape index (κ2) is 11.8. The van der Waals surface area contributed by atoms with E-state index in [1.54, 1.807) is 12.1 Å². The van der Waals surface area contributed by atoms with E-state index in [0.717, 1.165) is 43.2 Å². The fraction of sp³-hybridized carbons (Fsp3) is 0.333. The molecule has 0 spiro atoms. The minimum absolute atomic E-state index is 0.262. The van der Waals surface area contributed by atoms with Gasteiger partial charge in [-0.05, 0) is 42.5 Å². The van der Waals surface area contributed by atoms with Crippen molar-refractivity contribution in [2.75, 3.05) is 7.11 Å². The number of amides is 1. The number of allylic oxidation sites excluding steroid dienone is 1. The number of methoxy groups -OCH3 is 1. The van der Waals surface area contributed by atoms with E-state index in [1.807, 2.05) is 48.5 Å². The summed E-state index contributed by atoms with van der Waals surface area (Å²) in [5.41, 5.74) is 2.67. The molecule has 0 saturated heterocycles. The number of carbonyl (C=O) groups is 2. The van der Waals surface area contributed by atoms with Crippen molar-refractivity contribution in [1.29, 1.82) is 0 Å². The van der Waals surface area contributed by atoms with Gasteiger partial charge in [0, 0.05) is 5.56 Å². The predicted molar refractivity (Wildman–Crippen MR) is 113 cm³/mol. The largest absolute Gasteiger partial charge is 0.467 e. The van der Waals surface area contributed by atoms with Gasteiger partial charge in [-0.15, -0.1) is 6.58 Å². The minimum atomic E-state index is -0.620. The molecule has 0 bridgehead atoms. The summed E-state index contributed by atoms with van der Waals surface area (Å²) < 4.78 is 4.85. The number of esters is 1. The Balaban J connectivity index is 1.92. The third kappa shape index (κ3) is 6.69. The van der Waals surface area contributed by atoms with Gasteiger partial charge in [0.25, 0.3) is 5.91 Å². The fourth-order valence-corrected chi connectivity index (χ4v) is 3.07. The molecule has 0 fully saturated rings. The summed E-state index contributed by atoms with van der Waals surface area (Å²) in [6.07, 6.45) is 7.58. The number of ether oxygens (including phenoxy) is 1. The Bertz CT molecular complexity index is 753. The van der Waals surface area contributed by atoms with Crippen molar-refractivity contribution in [3.05, 3.63) is 72.8 Å². The fourth-order valence-electron chi connectivity index (χ4n) is 3.07. The second-order valence-corrected chi connectivity index (χ2v) is 6.77. The highest BCUT2D eigenvalue weighted by molar-refractivity contribution is 5.97. The van der Waals surface area contributed by atoms with Crippen LogP contribution < -0.4 is 5.32 Å². The van der Waals surface area contributed by atoms with Gasteiger partial charge in [-0.2, -0.15) is 0 Å². The van der Waals surface area contributed by atoms with Gasteiger partial charge < -0.3 is 10.1 Å². The summed E-state index contributed by atoms with van der Waals surface area (Å²) in [5, 5.41) is 2.82. The average molecular weight is 380 g/mol. The van der Waals surface area contributed by atoms with Crippen LogP contribution in [-0.4, -0.2) is 25.0 Å². The van der Waals surface area contributed by atoms with Crippen LogP contribution in [0.4, 0.5) is 0 Å². The molecular weight excluding hydrogens is 350 g/mol. The first kappa shape index (κ1) is 21.4. The monoisotopic (exact) mass is 379 g/mol. The Hall–Kier alpha value is -2.88. The van der Waals surface area contributed by atoms with E-state index in [-0.39, 0.29) is 5.91 Å². The number of hydrogen-bond acceptors (Lipinski definition) is 3. The molecule has 0 radical (unpaired) electrons. The molecule has 4 nitrogen and oxygen atoms in total. The van der Waals surface area contributed by atoms with Crippen LogP contribution in [0.1, 0.15) is 48.9 Å². The molecule has 0 unspecified atom stereocenters.